The first-order chi connectivity index (χ1) is 9.01. The van der Waals surface area contributed by atoms with E-state index in [4.69, 9.17) is 4.74 Å². The van der Waals surface area contributed by atoms with E-state index in [1.807, 2.05) is 52.2 Å². The Morgan fingerprint density at radius 3 is 2.63 bits per heavy atom. The molecule has 0 spiro atoms. The Balaban J connectivity index is 2.43. The topological polar surface area (TPSA) is 39.4 Å². The Hall–Kier alpha value is -2.10. The van der Waals surface area contributed by atoms with Crippen LogP contribution in [0.25, 0.3) is 0 Å². The highest BCUT2D eigenvalue weighted by Gasteiger charge is 2.08. The van der Waals surface area contributed by atoms with Gasteiger partial charge in [0.05, 0.1) is 12.8 Å². The average molecular weight is 257 g/mol. The first kappa shape index (κ1) is 13.3. The summed E-state index contributed by atoms with van der Waals surface area (Å²) in [7, 11) is 3.58. The third kappa shape index (κ3) is 2.84. The second-order valence-corrected chi connectivity index (χ2v) is 4.67. The summed E-state index contributed by atoms with van der Waals surface area (Å²) in [6.45, 7) is 6.01. The minimum absolute atomic E-state index is 0.792. The van der Waals surface area contributed by atoms with Crippen molar-refractivity contribution in [2.24, 2.45) is 12.0 Å². The maximum atomic E-state index is 5.37. The Bertz CT molecular complexity index is 626. The lowest BCUT2D eigenvalue weighted by atomic mass is 10.1. The summed E-state index contributed by atoms with van der Waals surface area (Å²) in [6, 6.07) is 6.00. The van der Waals surface area contributed by atoms with Crippen LogP contribution in [0.3, 0.4) is 0 Å². The molecule has 19 heavy (non-hydrogen) atoms. The van der Waals surface area contributed by atoms with Crippen LogP contribution >= 0.6 is 0 Å². The number of nitrogens with zero attached hydrogens (tertiary/aromatic N) is 3. The van der Waals surface area contributed by atoms with Crippen LogP contribution in [-0.2, 0) is 7.05 Å². The van der Waals surface area contributed by atoms with Gasteiger partial charge in [-0.1, -0.05) is 6.07 Å². The number of aromatic nitrogens is 2. The number of hydrogen-bond donors (Lipinski definition) is 0. The van der Waals surface area contributed by atoms with Gasteiger partial charge in [0.2, 0.25) is 0 Å². The molecule has 0 amide bonds. The van der Waals surface area contributed by atoms with Crippen molar-refractivity contribution in [1.82, 2.24) is 9.78 Å². The fraction of sp³-hybridized carbons (Fsp3) is 0.333. The zero-order valence-electron chi connectivity index (χ0n) is 12.1. The number of rotatable bonds is 3. The molecule has 0 unspecified atom stereocenters. The Labute approximate surface area is 113 Å². The van der Waals surface area contributed by atoms with Gasteiger partial charge in [-0.25, -0.2) is 4.99 Å². The van der Waals surface area contributed by atoms with E-state index in [-0.39, 0.29) is 0 Å². The predicted molar refractivity (Wildman–Crippen MR) is 77.5 cm³/mol. The third-order valence-corrected chi connectivity index (χ3v) is 3.03. The molecule has 4 heteroatoms. The van der Waals surface area contributed by atoms with E-state index in [1.54, 1.807) is 11.8 Å². The van der Waals surface area contributed by atoms with Crippen LogP contribution in [0.4, 0.5) is 5.69 Å². The maximum absolute atomic E-state index is 5.37. The van der Waals surface area contributed by atoms with Gasteiger partial charge in [0.1, 0.15) is 11.4 Å². The number of hydrogen-bond acceptors (Lipinski definition) is 3. The lowest BCUT2D eigenvalue weighted by molar-refractivity contribution is 0.416. The van der Waals surface area contributed by atoms with Crippen LogP contribution in [-0.4, -0.2) is 22.6 Å². The van der Waals surface area contributed by atoms with E-state index in [9.17, 15) is 0 Å². The summed E-state index contributed by atoms with van der Waals surface area (Å²) >= 11 is 0. The lowest BCUT2D eigenvalue weighted by Gasteiger charge is -2.06. The Morgan fingerprint density at radius 2 is 2.05 bits per heavy atom. The number of ether oxygens (including phenoxy) is 1. The molecule has 1 heterocycles. The fourth-order valence-electron chi connectivity index (χ4n) is 2.07. The number of aryl methyl sites for hydroxylation is 3. The van der Waals surface area contributed by atoms with E-state index in [0.29, 0.717) is 0 Å². The van der Waals surface area contributed by atoms with Gasteiger partial charge in [-0.3, -0.25) is 4.68 Å². The summed E-state index contributed by atoms with van der Waals surface area (Å²) in [4.78, 5) is 4.65. The molecule has 0 saturated heterocycles. The summed E-state index contributed by atoms with van der Waals surface area (Å²) in [5.41, 5.74) is 4.98. The number of methoxy groups -OCH3 is 1. The van der Waals surface area contributed by atoms with Gasteiger partial charge in [-0.15, -0.1) is 0 Å². The van der Waals surface area contributed by atoms with Crippen molar-refractivity contribution in [3.8, 4) is 5.75 Å². The van der Waals surface area contributed by atoms with Crippen molar-refractivity contribution in [3.63, 3.8) is 0 Å². The molecule has 100 valence electrons. The van der Waals surface area contributed by atoms with Crippen molar-refractivity contribution < 1.29 is 4.74 Å². The molecule has 0 aliphatic carbocycles. The number of benzene rings is 1. The van der Waals surface area contributed by atoms with E-state index in [1.165, 1.54) is 0 Å². The van der Waals surface area contributed by atoms with Crippen LogP contribution < -0.4 is 4.74 Å². The monoisotopic (exact) mass is 257 g/mol. The zero-order valence-corrected chi connectivity index (χ0v) is 12.1. The van der Waals surface area contributed by atoms with Crippen LogP contribution in [0.5, 0.6) is 5.75 Å². The quantitative estimate of drug-likeness (QED) is 0.792. The van der Waals surface area contributed by atoms with Gasteiger partial charge in [0, 0.05) is 24.5 Å². The molecule has 1 aromatic heterocycles. The second-order valence-electron chi connectivity index (χ2n) is 4.67. The molecule has 0 aliphatic heterocycles. The van der Waals surface area contributed by atoms with Crippen LogP contribution in [0.15, 0.2) is 29.4 Å². The minimum atomic E-state index is 0.792. The van der Waals surface area contributed by atoms with Gasteiger partial charge < -0.3 is 4.74 Å². The van der Waals surface area contributed by atoms with Crippen LogP contribution in [0.1, 0.15) is 23.7 Å². The highest BCUT2D eigenvalue weighted by atomic mass is 16.5. The summed E-state index contributed by atoms with van der Waals surface area (Å²) in [5.74, 6) is 0.792. The minimum Gasteiger partial charge on any atom is -0.494 e. The molecule has 2 rings (SSSR count). The molecule has 0 radical (unpaired) electrons. The maximum Gasteiger partial charge on any atom is 0.144 e. The molecule has 0 aliphatic rings. The second kappa shape index (κ2) is 5.26. The molecule has 0 fully saturated rings. The first-order valence-electron chi connectivity index (χ1n) is 6.22. The van der Waals surface area contributed by atoms with E-state index in [2.05, 4.69) is 10.1 Å². The normalized spacial score (nSPS) is 11.7. The van der Waals surface area contributed by atoms with Gasteiger partial charge in [0.25, 0.3) is 0 Å². The smallest absolute Gasteiger partial charge is 0.144 e. The highest BCUT2D eigenvalue weighted by Crippen LogP contribution is 2.29. The Kier molecular flexibility index (Phi) is 3.69. The molecule has 0 saturated carbocycles. The van der Waals surface area contributed by atoms with Gasteiger partial charge >= 0.3 is 0 Å². The van der Waals surface area contributed by atoms with Crippen molar-refractivity contribution in [3.05, 3.63) is 41.2 Å². The molecular formula is C15H19N3O. The van der Waals surface area contributed by atoms with Crippen molar-refractivity contribution in [1.29, 1.82) is 0 Å². The standard InChI is InChI=1S/C15H19N3O/c1-10-6-7-14(15(8-10)19-5)16-11(2)13-9-18(4)17-12(13)3/h6-9H,1-5H3. The molecule has 1 aromatic carbocycles. The first-order valence-corrected chi connectivity index (χ1v) is 6.22. The van der Waals surface area contributed by atoms with Gasteiger partial charge in [0.15, 0.2) is 0 Å². The molecule has 0 N–H and O–H groups in total. The van der Waals surface area contributed by atoms with Crippen molar-refractivity contribution in [2.45, 2.75) is 20.8 Å². The van der Waals surface area contributed by atoms with Crippen molar-refractivity contribution in [2.75, 3.05) is 7.11 Å². The SMILES string of the molecule is COc1cc(C)ccc1N=C(C)c1cn(C)nc1C. The summed E-state index contributed by atoms with van der Waals surface area (Å²) in [6.07, 6.45) is 1.98. The van der Waals surface area contributed by atoms with Crippen molar-refractivity contribution >= 4 is 11.4 Å². The fourth-order valence-corrected chi connectivity index (χ4v) is 2.07. The predicted octanol–water partition coefficient (Wildman–Crippen LogP) is 3.19. The molecule has 0 bridgehead atoms. The zero-order chi connectivity index (χ0) is 14.0. The highest BCUT2D eigenvalue weighted by molar-refractivity contribution is 6.01. The van der Waals surface area contributed by atoms with E-state index >= 15 is 0 Å². The number of aliphatic imine (C=N–C) groups is 1. The van der Waals surface area contributed by atoms with Crippen LogP contribution in [0, 0.1) is 13.8 Å². The molecule has 0 atom stereocenters. The Morgan fingerprint density at radius 1 is 1.32 bits per heavy atom. The molecular weight excluding hydrogens is 238 g/mol. The average Bonchev–Trinajstić information content (AvgIpc) is 2.70. The van der Waals surface area contributed by atoms with Gasteiger partial charge in [-0.05, 0) is 38.5 Å². The van der Waals surface area contributed by atoms with E-state index in [0.717, 1.165) is 34.0 Å². The summed E-state index contributed by atoms with van der Waals surface area (Å²) < 4.78 is 7.17. The summed E-state index contributed by atoms with van der Waals surface area (Å²) in [5, 5.41) is 4.34. The lowest BCUT2D eigenvalue weighted by Crippen LogP contribution is -1.95. The molecule has 4 nitrogen and oxygen atoms in total. The van der Waals surface area contributed by atoms with Gasteiger partial charge in [-0.2, -0.15) is 5.10 Å². The van der Waals surface area contributed by atoms with E-state index < -0.39 is 0 Å². The largest absolute Gasteiger partial charge is 0.494 e. The molecule has 2 aromatic rings. The third-order valence-electron chi connectivity index (χ3n) is 3.03. The van der Waals surface area contributed by atoms with Crippen LogP contribution in [0.2, 0.25) is 0 Å².